The van der Waals surface area contributed by atoms with Gasteiger partial charge in [-0.2, -0.15) is 9.61 Å². The van der Waals surface area contributed by atoms with E-state index in [1.807, 2.05) is 40.1 Å². The summed E-state index contributed by atoms with van der Waals surface area (Å²) in [4.78, 5) is 3.69. The van der Waals surface area contributed by atoms with Crippen molar-refractivity contribution in [3.8, 4) is 17.1 Å². The van der Waals surface area contributed by atoms with Gasteiger partial charge in [-0.1, -0.05) is 32.9 Å². The predicted octanol–water partition coefficient (Wildman–Crippen LogP) is 4.31. The summed E-state index contributed by atoms with van der Waals surface area (Å²) in [6.07, 6.45) is 4.78. The first-order chi connectivity index (χ1) is 15.0. The quantitative estimate of drug-likeness (QED) is 0.480. The van der Waals surface area contributed by atoms with Gasteiger partial charge >= 0.3 is 0 Å². The van der Waals surface area contributed by atoms with Crippen molar-refractivity contribution < 1.29 is 4.74 Å². The highest BCUT2D eigenvalue weighted by Gasteiger charge is 2.25. The standard InChI is InChI=1S/C24H27N5OS/c1-24(2,3)21-18(15-16-11-12-20(31-16)28-13-7-8-14-28)23-26-25-22(29(23)27-21)17-9-5-6-10-19(17)30-4/h5-6,9-12,15H,7-8,13-14H2,1-4H3/b18-15-. The van der Waals surface area contributed by atoms with Crippen LogP contribution < -0.4 is 14.9 Å². The molecule has 0 saturated carbocycles. The van der Waals surface area contributed by atoms with Crippen LogP contribution in [0.5, 0.6) is 5.75 Å². The minimum atomic E-state index is -0.125. The minimum absolute atomic E-state index is 0.125. The second-order valence-electron chi connectivity index (χ2n) is 8.99. The number of para-hydroxylation sites is 1. The fourth-order valence-corrected chi connectivity index (χ4v) is 5.16. The van der Waals surface area contributed by atoms with Gasteiger partial charge < -0.3 is 9.64 Å². The third kappa shape index (κ3) is 3.57. The number of fused-ring (bicyclic) bond motifs is 1. The Kier molecular flexibility index (Phi) is 4.93. The second-order valence-corrected chi connectivity index (χ2v) is 10.1. The van der Waals surface area contributed by atoms with Crippen molar-refractivity contribution in [3.05, 3.63) is 52.2 Å². The fourth-order valence-electron chi connectivity index (χ4n) is 4.16. The lowest BCUT2D eigenvalue weighted by atomic mass is 9.91. The van der Waals surface area contributed by atoms with E-state index in [0.29, 0.717) is 5.82 Å². The third-order valence-electron chi connectivity index (χ3n) is 5.71. The summed E-state index contributed by atoms with van der Waals surface area (Å²) < 4.78 is 7.41. The van der Waals surface area contributed by atoms with Gasteiger partial charge in [-0.05, 0) is 43.2 Å². The van der Waals surface area contributed by atoms with Crippen molar-refractivity contribution in [1.82, 2.24) is 19.8 Å². The van der Waals surface area contributed by atoms with Crippen molar-refractivity contribution in [2.24, 2.45) is 0 Å². The van der Waals surface area contributed by atoms with Gasteiger partial charge in [0.05, 0.1) is 23.4 Å². The van der Waals surface area contributed by atoms with Crippen LogP contribution in [0.3, 0.4) is 0 Å². The zero-order valence-electron chi connectivity index (χ0n) is 18.4. The highest BCUT2D eigenvalue weighted by Crippen LogP contribution is 2.31. The molecule has 5 rings (SSSR count). The largest absolute Gasteiger partial charge is 0.496 e. The molecule has 0 bridgehead atoms. The Morgan fingerprint density at radius 1 is 1.03 bits per heavy atom. The highest BCUT2D eigenvalue weighted by atomic mass is 32.1. The summed E-state index contributed by atoms with van der Waals surface area (Å²) in [7, 11) is 1.67. The van der Waals surface area contributed by atoms with E-state index in [1.165, 1.54) is 22.7 Å². The summed E-state index contributed by atoms with van der Waals surface area (Å²) in [5.41, 5.74) is 2.56. The first-order valence-corrected chi connectivity index (χ1v) is 11.5. The van der Waals surface area contributed by atoms with Crippen LogP contribution in [-0.2, 0) is 5.41 Å². The lowest BCUT2D eigenvalue weighted by Crippen LogP contribution is -2.22. The number of hydrogen-bond donors (Lipinski definition) is 0. The lowest BCUT2D eigenvalue weighted by molar-refractivity contribution is 0.416. The van der Waals surface area contributed by atoms with Gasteiger partial charge in [-0.3, -0.25) is 0 Å². The Morgan fingerprint density at radius 2 is 1.81 bits per heavy atom. The number of aromatic nitrogens is 4. The molecule has 0 N–H and O–H groups in total. The van der Waals surface area contributed by atoms with Crippen LogP contribution in [0.25, 0.3) is 23.1 Å². The Hall–Kier alpha value is -2.93. The Labute approximate surface area is 186 Å². The molecular formula is C24H27N5OS. The average Bonchev–Trinajstić information content (AvgIpc) is 3.52. The number of thiophene rings is 1. The zero-order chi connectivity index (χ0) is 21.6. The van der Waals surface area contributed by atoms with E-state index in [-0.39, 0.29) is 5.41 Å². The topological polar surface area (TPSA) is 55.6 Å². The maximum Gasteiger partial charge on any atom is 0.189 e. The van der Waals surface area contributed by atoms with E-state index in [4.69, 9.17) is 9.84 Å². The molecule has 0 unspecified atom stereocenters. The number of nitrogens with zero attached hydrogens (tertiary/aromatic N) is 5. The van der Waals surface area contributed by atoms with Gasteiger partial charge in [-0.15, -0.1) is 21.5 Å². The number of anilines is 1. The van der Waals surface area contributed by atoms with Crippen LogP contribution in [-0.4, -0.2) is 40.0 Å². The molecule has 0 spiro atoms. The molecule has 31 heavy (non-hydrogen) atoms. The van der Waals surface area contributed by atoms with E-state index in [2.05, 4.69) is 54.1 Å². The molecule has 1 aliphatic heterocycles. The summed E-state index contributed by atoms with van der Waals surface area (Å²) in [5, 5.41) is 16.4. The number of ether oxygens (including phenoxy) is 1. The minimum Gasteiger partial charge on any atom is -0.496 e. The number of benzene rings is 1. The zero-order valence-corrected chi connectivity index (χ0v) is 19.2. The molecule has 0 radical (unpaired) electrons. The molecule has 3 aromatic heterocycles. The molecule has 6 nitrogen and oxygen atoms in total. The molecule has 1 aliphatic rings. The van der Waals surface area contributed by atoms with Crippen LogP contribution in [0, 0.1) is 0 Å². The Morgan fingerprint density at radius 3 is 2.55 bits per heavy atom. The maximum atomic E-state index is 5.55. The monoisotopic (exact) mass is 433 g/mol. The van der Waals surface area contributed by atoms with Crippen LogP contribution in [0.2, 0.25) is 0 Å². The highest BCUT2D eigenvalue weighted by molar-refractivity contribution is 7.16. The van der Waals surface area contributed by atoms with E-state index in [1.54, 1.807) is 7.11 Å². The van der Waals surface area contributed by atoms with Crippen LogP contribution >= 0.6 is 11.3 Å². The molecule has 0 atom stereocenters. The Balaban J connectivity index is 1.67. The van der Waals surface area contributed by atoms with E-state index in [9.17, 15) is 0 Å². The lowest BCUT2D eigenvalue weighted by Gasteiger charge is -2.15. The normalized spacial score (nSPS) is 15.4. The summed E-state index contributed by atoms with van der Waals surface area (Å²) in [6, 6.07) is 12.3. The first-order valence-electron chi connectivity index (χ1n) is 10.7. The molecule has 160 valence electrons. The van der Waals surface area contributed by atoms with Gasteiger partial charge in [0, 0.05) is 28.6 Å². The smallest absolute Gasteiger partial charge is 0.189 e. The molecule has 0 amide bonds. The van der Waals surface area contributed by atoms with Gasteiger partial charge in [-0.25, -0.2) is 0 Å². The third-order valence-corrected chi connectivity index (χ3v) is 6.80. The van der Waals surface area contributed by atoms with Crippen molar-refractivity contribution >= 4 is 28.1 Å². The maximum absolute atomic E-state index is 5.55. The molecule has 1 aromatic carbocycles. The van der Waals surface area contributed by atoms with Crippen molar-refractivity contribution in [1.29, 1.82) is 0 Å². The van der Waals surface area contributed by atoms with Gasteiger partial charge in [0.2, 0.25) is 0 Å². The molecule has 1 fully saturated rings. The average molecular weight is 434 g/mol. The van der Waals surface area contributed by atoms with Crippen LogP contribution in [0.4, 0.5) is 5.00 Å². The fraction of sp³-hybridized carbons (Fsp3) is 0.375. The first kappa shape index (κ1) is 20.0. The Bertz CT molecular complexity index is 1280. The molecule has 7 heteroatoms. The second kappa shape index (κ2) is 7.64. The summed E-state index contributed by atoms with van der Waals surface area (Å²) >= 11 is 1.83. The molecular weight excluding hydrogens is 406 g/mol. The number of hydrogen-bond acceptors (Lipinski definition) is 6. The predicted molar refractivity (Wildman–Crippen MR) is 126 cm³/mol. The summed E-state index contributed by atoms with van der Waals surface area (Å²) in [6.45, 7) is 8.87. The molecule has 1 saturated heterocycles. The molecule has 4 aromatic rings. The SMILES string of the molecule is COc1ccccc1-c1nnc2/c(=C\c3ccc(N4CCCC4)s3)c(C(C)(C)C)nn12. The molecule has 4 heterocycles. The van der Waals surface area contributed by atoms with Crippen LogP contribution in [0.1, 0.15) is 44.2 Å². The van der Waals surface area contributed by atoms with Gasteiger partial charge in [0.25, 0.3) is 0 Å². The van der Waals surface area contributed by atoms with E-state index in [0.717, 1.165) is 41.0 Å². The number of methoxy groups -OCH3 is 1. The summed E-state index contributed by atoms with van der Waals surface area (Å²) in [5.74, 6) is 1.46. The van der Waals surface area contributed by atoms with E-state index >= 15 is 0 Å². The van der Waals surface area contributed by atoms with Gasteiger partial charge in [0.15, 0.2) is 11.5 Å². The van der Waals surface area contributed by atoms with E-state index < -0.39 is 0 Å². The van der Waals surface area contributed by atoms with Crippen molar-refractivity contribution in [2.75, 3.05) is 25.1 Å². The van der Waals surface area contributed by atoms with Gasteiger partial charge in [0.1, 0.15) is 5.75 Å². The van der Waals surface area contributed by atoms with Crippen LogP contribution in [0.15, 0.2) is 36.4 Å². The number of rotatable bonds is 4. The van der Waals surface area contributed by atoms with Crippen molar-refractivity contribution in [3.63, 3.8) is 0 Å². The van der Waals surface area contributed by atoms with Crippen molar-refractivity contribution in [2.45, 2.75) is 39.0 Å². The molecule has 0 aliphatic carbocycles.